The van der Waals surface area contributed by atoms with E-state index in [0.717, 1.165) is 30.7 Å². The van der Waals surface area contributed by atoms with Gasteiger partial charge in [-0.15, -0.1) is 0 Å². The van der Waals surface area contributed by atoms with Crippen LogP contribution >= 0.6 is 0 Å². The van der Waals surface area contributed by atoms with E-state index < -0.39 is 28.1 Å². The van der Waals surface area contributed by atoms with Crippen LogP contribution in [-0.2, 0) is 19.4 Å². The SMILES string of the molecule is O=S(=O)(Oc1ccccc1[B-]12OCCC[NH+]1CCCO2)C(F)(F)F. The van der Waals surface area contributed by atoms with Crippen molar-refractivity contribution < 1.29 is 39.9 Å². The smallest absolute Gasteiger partial charge is 0.509 e. The van der Waals surface area contributed by atoms with Gasteiger partial charge in [0.25, 0.3) is 0 Å². The Balaban J connectivity index is 2.03. The van der Waals surface area contributed by atoms with Gasteiger partial charge >= 0.3 is 22.3 Å². The molecule has 2 fully saturated rings. The number of benzene rings is 1. The van der Waals surface area contributed by atoms with E-state index in [4.69, 9.17) is 9.31 Å². The van der Waals surface area contributed by atoms with E-state index in [1.54, 1.807) is 6.07 Å². The van der Waals surface area contributed by atoms with Crippen molar-refractivity contribution in [2.75, 3.05) is 26.3 Å². The van der Waals surface area contributed by atoms with Crippen molar-refractivity contribution in [2.24, 2.45) is 0 Å². The first-order chi connectivity index (χ1) is 11.3. The molecule has 0 bridgehead atoms. The highest BCUT2D eigenvalue weighted by Crippen LogP contribution is 2.27. The average Bonchev–Trinajstić information content (AvgIpc) is 2.54. The maximum Gasteiger partial charge on any atom is 0.534 e. The number of nitrogens with one attached hydrogen (secondary N) is 1. The van der Waals surface area contributed by atoms with Gasteiger partial charge in [0.05, 0.1) is 0 Å². The lowest BCUT2D eigenvalue weighted by atomic mass is 9.59. The van der Waals surface area contributed by atoms with Gasteiger partial charge in [0.1, 0.15) is 5.75 Å². The molecule has 1 N–H and O–H groups in total. The van der Waals surface area contributed by atoms with Crippen molar-refractivity contribution >= 4 is 22.3 Å². The van der Waals surface area contributed by atoms with Crippen LogP contribution in [0.2, 0.25) is 0 Å². The first-order valence-electron chi connectivity index (χ1n) is 7.64. The Morgan fingerprint density at radius 3 is 2.25 bits per heavy atom. The van der Waals surface area contributed by atoms with E-state index in [-0.39, 0.29) is 5.46 Å². The summed E-state index contributed by atoms with van der Waals surface area (Å²) < 4.78 is 76.8. The molecule has 6 nitrogen and oxygen atoms in total. The third kappa shape index (κ3) is 3.01. The van der Waals surface area contributed by atoms with Gasteiger partial charge in [0.2, 0.25) is 0 Å². The minimum atomic E-state index is -5.76. The van der Waals surface area contributed by atoms with Crippen LogP contribution in [0.25, 0.3) is 0 Å². The molecule has 0 unspecified atom stereocenters. The minimum absolute atomic E-state index is 0.208. The molecule has 2 aliphatic rings. The normalized spacial score (nSPS) is 28.2. The highest BCUT2D eigenvalue weighted by atomic mass is 32.2. The summed E-state index contributed by atoms with van der Waals surface area (Å²) in [6, 6.07) is 5.68. The molecule has 0 saturated carbocycles. The summed E-state index contributed by atoms with van der Waals surface area (Å²) in [5, 5.41) is 0. The zero-order valence-corrected chi connectivity index (χ0v) is 13.5. The molecule has 2 saturated heterocycles. The van der Waals surface area contributed by atoms with Crippen molar-refractivity contribution in [1.29, 1.82) is 0 Å². The lowest BCUT2D eigenvalue weighted by Crippen LogP contribution is -3.28. The Bertz CT molecular complexity index is 700. The van der Waals surface area contributed by atoms with Gasteiger partial charge in [0, 0.05) is 39.1 Å². The minimum Gasteiger partial charge on any atom is -0.509 e. The van der Waals surface area contributed by atoms with Crippen LogP contribution in [-0.4, -0.2) is 46.9 Å². The standard InChI is InChI=1S/C13H17BF3NO5S/c15-13(16,17)24(19,20)23-12-6-2-1-5-11(12)14-18(7-3-9-21-14)8-4-10-22-14/h1-2,5-6,18H,3-4,7-10H2. The zero-order chi connectivity index (χ0) is 17.4. The van der Waals surface area contributed by atoms with Crippen molar-refractivity contribution in [3.63, 3.8) is 0 Å². The highest BCUT2D eigenvalue weighted by molar-refractivity contribution is 7.88. The van der Waals surface area contributed by atoms with Gasteiger partial charge in [-0.3, -0.25) is 0 Å². The highest BCUT2D eigenvalue weighted by Gasteiger charge is 2.52. The second-order valence-corrected chi connectivity index (χ2v) is 7.38. The second-order valence-electron chi connectivity index (χ2n) is 5.84. The first-order valence-corrected chi connectivity index (χ1v) is 9.04. The third-order valence-electron chi connectivity index (χ3n) is 4.34. The monoisotopic (exact) mass is 367 g/mol. The summed E-state index contributed by atoms with van der Waals surface area (Å²) >= 11 is 0. The lowest BCUT2D eigenvalue weighted by molar-refractivity contribution is -0.825. The molecule has 24 heavy (non-hydrogen) atoms. The van der Waals surface area contributed by atoms with E-state index in [9.17, 15) is 21.6 Å². The molecular weight excluding hydrogens is 350 g/mol. The Labute approximate surface area is 137 Å². The van der Waals surface area contributed by atoms with Gasteiger partial charge < -0.3 is 18.3 Å². The van der Waals surface area contributed by atoms with Crippen LogP contribution < -0.4 is 14.5 Å². The quantitative estimate of drug-likeness (QED) is 0.455. The van der Waals surface area contributed by atoms with Crippen molar-refractivity contribution in [3.8, 4) is 5.75 Å². The molecule has 11 heteroatoms. The van der Waals surface area contributed by atoms with Crippen LogP contribution in [0.1, 0.15) is 12.8 Å². The zero-order valence-electron chi connectivity index (χ0n) is 12.7. The molecule has 3 rings (SSSR count). The van der Waals surface area contributed by atoms with Crippen LogP contribution in [0.4, 0.5) is 13.2 Å². The fourth-order valence-corrected chi connectivity index (χ4v) is 3.80. The lowest BCUT2D eigenvalue weighted by Gasteiger charge is -2.52. The second kappa shape index (κ2) is 6.21. The van der Waals surface area contributed by atoms with E-state index >= 15 is 0 Å². The molecule has 0 aliphatic carbocycles. The molecule has 1 aromatic rings. The molecular formula is C13H17BF3NO5S. The number of halogens is 3. The fraction of sp³-hybridized carbons (Fsp3) is 0.538. The van der Waals surface area contributed by atoms with Gasteiger partial charge in [-0.05, 0) is 11.5 Å². The summed E-state index contributed by atoms with van der Waals surface area (Å²) in [4.78, 5) is 0.952. The molecule has 134 valence electrons. The van der Waals surface area contributed by atoms with Crippen molar-refractivity contribution in [3.05, 3.63) is 24.3 Å². The fourth-order valence-electron chi connectivity index (χ4n) is 3.32. The van der Waals surface area contributed by atoms with Crippen LogP contribution in [0.5, 0.6) is 5.75 Å². The number of para-hydroxylation sites is 1. The Hall–Kier alpha value is -1.30. The number of quaternary nitrogens is 1. The van der Waals surface area contributed by atoms with E-state index in [2.05, 4.69) is 4.18 Å². The summed E-state index contributed by atoms with van der Waals surface area (Å²) in [6.07, 6.45) is 1.60. The molecule has 2 aliphatic heterocycles. The van der Waals surface area contributed by atoms with Crippen molar-refractivity contribution in [1.82, 2.24) is 0 Å². The number of alkyl halides is 3. The van der Waals surface area contributed by atoms with E-state index in [1.165, 1.54) is 18.2 Å². The summed E-state index contributed by atoms with van der Waals surface area (Å²) in [5.41, 5.74) is -5.29. The summed E-state index contributed by atoms with van der Waals surface area (Å²) in [6.45, 7) is 0.118. The van der Waals surface area contributed by atoms with Gasteiger partial charge in [-0.2, -0.15) is 21.6 Å². The molecule has 0 amide bonds. The topological polar surface area (TPSA) is 66.3 Å². The van der Waals surface area contributed by atoms with E-state index in [1.807, 2.05) is 0 Å². The maximum atomic E-state index is 12.6. The number of fused-ring (bicyclic) bond motifs is 1. The first kappa shape index (κ1) is 17.5. The largest absolute Gasteiger partial charge is 0.534 e. The van der Waals surface area contributed by atoms with Crippen LogP contribution in [0.15, 0.2) is 24.3 Å². The molecule has 0 atom stereocenters. The Morgan fingerprint density at radius 1 is 1.08 bits per heavy atom. The summed E-state index contributed by atoms with van der Waals surface area (Å²) in [5.74, 6) is -0.406. The number of hydrogen-bond acceptors (Lipinski definition) is 5. The van der Waals surface area contributed by atoms with E-state index in [0.29, 0.717) is 13.2 Å². The number of rotatable bonds is 3. The van der Waals surface area contributed by atoms with Crippen LogP contribution in [0, 0.1) is 0 Å². The Morgan fingerprint density at radius 2 is 1.67 bits per heavy atom. The maximum absolute atomic E-state index is 12.6. The molecule has 0 spiro atoms. The van der Waals surface area contributed by atoms with Crippen molar-refractivity contribution in [2.45, 2.75) is 18.3 Å². The number of hydrogen-bond donors (Lipinski definition) is 1. The average molecular weight is 367 g/mol. The van der Waals surface area contributed by atoms with Gasteiger partial charge in [-0.1, -0.05) is 18.2 Å². The molecule has 1 aromatic carbocycles. The Kier molecular flexibility index (Phi) is 4.54. The summed E-state index contributed by atoms with van der Waals surface area (Å²) in [7, 11) is -5.76. The predicted molar refractivity (Wildman–Crippen MR) is 79.3 cm³/mol. The molecule has 2 heterocycles. The van der Waals surface area contributed by atoms with Gasteiger partial charge in [0.15, 0.2) is 0 Å². The molecule has 0 radical (unpaired) electrons. The predicted octanol–water partition coefficient (Wildman–Crippen LogP) is -0.214. The molecule has 0 aromatic heterocycles. The van der Waals surface area contributed by atoms with Gasteiger partial charge in [-0.25, -0.2) is 0 Å². The third-order valence-corrected chi connectivity index (χ3v) is 5.30. The van der Waals surface area contributed by atoms with Crippen LogP contribution in [0.3, 0.4) is 0 Å².